The lowest BCUT2D eigenvalue weighted by Crippen LogP contribution is -2.41. The zero-order valence-corrected chi connectivity index (χ0v) is 16.3. The number of carbonyl (C=O) groups excluding carboxylic acids is 1. The molecule has 2 fully saturated rings. The molecule has 150 valence electrons. The third kappa shape index (κ3) is 5.06. The number of ether oxygens (including phenoxy) is 1. The molecule has 0 aromatic heterocycles. The van der Waals surface area contributed by atoms with Crippen LogP contribution in [0.2, 0.25) is 0 Å². The molecular weight excluding hydrogens is 371 g/mol. The second-order valence-corrected chi connectivity index (χ2v) is 9.12. The molecule has 0 bridgehead atoms. The highest BCUT2D eigenvalue weighted by Crippen LogP contribution is 2.28. The van der Waals surface area contributed by atoms with Crippen molar-refractivity contribution in [2.24, 2.45) is 5.92 Å². The number of carbonyl (C=O) groups is 1. The molecule has 3 rings (SSSR count). The fraction of sp³-hybridized carbons (Fsp3) is 0.632. The van der Waals surface area contributed by atoms with Crippen LogP contribution in [-0.4, -0.2) is 51.5 Å². The Morgan fingerprint density at radius 2 is 1.93 bits per heavy atom. The first-order valence-corrected chi connectivity index (χ1v) is 11.1. The van der Waals surface area contributed by atoms with Crippen molar-refractivity contribution in [3.8, 4) is 0 Å². The molecule has 1 saturated heterocycles. The van der Waals surface area contributed by atoms with Crippen LogP contribution in [0.1, 0.15) is 48.9 Å². The standard InChI is InChI=1S/C19H27FN2O4S/c20-17-8-7-16(19(23)21-9-3-6-15-4-1-2-5-15)14-18(17)27(24,25)22-10-12-26-13-11-22/h7-8,14-15H,1-6,9-13H2,(H,21,23). The van der Waals surface area contributed by atoms with E-state index in [2.05, 4.69) is 5.32 Å². The molecule has 1 aromatic rings. The largest absolute Gasteiger partial charge is 0.379 e. The molecule has 1 amide bonds. The number of morpholine rings is 1. The Labute approximate surface area is 160 Å². The summed E-state index contributed by atoms with van der Waals surface area (Å²) in [5.41, 5.74) is 0.157. The highest BCUT2D eigenvalue weighted by atomic mass is 32.2. The van der Waals surface area contributed by atoms with E-state index in [-0.39, 0.29) is 37.8 Å². The maximum absolute atomic E-state index is 14.2. The monoisotopic (exact) mass is 398 g/mol. The molecule has 1 heterocycles. The maximum Gasteiger partial charge on any atom is 0.251 e. The Hall–Kier alpha value is -1.51. The van der Waals surface area contributed by atoms with Crippen LogP contribution in [0.3, 0.4) is 0 Å². The van der Waals surface area contributed by atoms with Crippen LogP contribution in [0, 0.1) is 11.7 Å². The summed E-state index contributed by atoms with van der Waals surface area (Å²) < 4.78 is 45.9. The van der Waals surface area contributed by atoms with E-state index in [1.54, 1.807) is 0 Å². The molecule has 2 aliphatic rings. The fourth-order valence-electron chi connectivity index (χ4n) is 3.76. The van der Waals surface area contributed by atoms with Gasteiger partial charge in [-0.15, -0.1) is 0 Å². The number of nitrogens with zero attached hydrogens (tertiary/aromatic N) is 1. The van der Waals surface area contributed by atoms with Crippen LogP contribution < -0.4 is 5.32 Å². The second kappa shape index (κ2) is 9.12. The number of benzene rings is 1. The number of amides is 1. The van der Waals surface area contributed by atoms with Crippen molar-refractivity contribution in [3.63, 3.8) is 0 Å². The van der Waals surface area contributed by atoms with Crippen LogP contribution in [0.5, 0.6) is 0 Å². The summed E-state index contributed by atoms with van der Waals surface area (Å²) in [6.07, 6.45) is 7.14. The molecule has 0 atom stereocenters. The van der Waals surface area contributed by atoms with Crippen molar-refractivity contribution >= 4 is 15.9 Å². The normalized spacial score (nSPS) is 19.3. The lowest BCUT2D eigenvalue weighted by Gasteiger charge is -2.26. The second-order valence-electron chi connectivity index (χ2n) is 7.21. The van der Waals surface area contributed by atoms with Crippen LogP contribution >= 0.6 is 0 Å². The average Bonchev–Trinajstić information content (AvgIpc) is 3.19. The molecule has 1 aliphatic heterocycles. The molecule has 0 radical (unpaired) electrons. The van der Waals surface area contributed by atoms with E-state index in [1.807, 2.05) is 0 Å². The zero-order valence-electron chi connectivity index (χ0n) is 15.5. The van der Waals surface area contributed by atoms with Crippen LogP contribution in [-0.2, 0) is 14.8 Å². The van der Waals surface area contributed by atoms with E-state index >= 15 is 0 Å². The molecule has 8 heteroatoms. The van der Waals surface area contributed by atoms with Gasteiger partial charge in [0.05, 0.1) is 13.2 Å². The van der Waals surface area contributed by atoms with Crippen molar-refractivity contribution in [2.45, 2.75) is 43.4 Å². The van der Waals surface area contributed by atoms with Gasteiger partial charge in [0.25, 0.3) is 5.91 Å². The average molecular weight is 399 g/mol. The molecule has 0 unspecified atom stereocenters. The predicted molar refractivity (Wildman–Crippen MR) is 99.5 cm³/mol. The minimum atomic E-state index is -3.99. The van der Waals surface area contributed by atoms with Gasteiger partial charge in [-0.05, 0) is 37.0 Å². The lowest BCUT2D eigenvalue weighted by molar-refractivity contribution is 0.0729. The van der Waals surface area contributed by atoms with Crippen LogP contribution in [0.4, 0.5) is 4.39 Å². The van der Waals surface area contributed by atoms with Gasteiger partial charge in [-0.3, -0.25) is 4.79 Å². The van der Waals surface area contributed by atoms with Crippen molar-refractivity contribution < 1.29 is 22.3 Å². The van der Waals surface area contributed by atoms with E-state index in [9.17, 15) is 17.6 Å². The van der Waals surface area contributed by atoms with E-state index in [4.69, 9.17) is 4.74 Å². The third-order valence-electron chi connectivity index (χ3n) is 5.33. The number of rotatable bonds is 7. The highest BCUT2D eigenvalue weighted by molar-refractivity contribution is 7.89. The SMILES string of the molecule is O=C(NCCCC1CCCC1)c1ccc(F)c(S(=O)(=O)N2CCOCC2)c1. The van der Waals surface area contributed by atoms with E-state index < -0.39 is 20.7 Å². The number of halogens is 1. The first-order valence-electron chi connectivity index (χ1n) is 9.64. The first kappa shape index (κ1) is 20.2. The molecule has 0 spiro atoms. The van der Waals surface area contributed by atoms with Crippen molar-refractivity contribution in [2.75, 3.05) is 32.8 Å². The van der Waals surface area contributed by atoms with Crippen molar-refractivity contribution in [3.05, 3.63) is 29.6 Å². The van der Waals surface area contributed by atoms with Gasteiger partial charge in [-0.2, -0.15) is 4.31 Å². The molecule has 6 nitrogen and oxygen atoms in total. The maximum atomic E-state index is 14.2. The number of sulfonamides is 1. The Balaban J connectivity index is 1.62. The van der Waals surface area contributed by atoms with Crippen molar-refractivity contribution in [1.29, 1.82) is 0 Å². The molecule has 1 N–H and O–H groups in total. The summed E-state index contributed by atoms with van der Waals surface area (Å²) >= 11 is 0. The molecule has 1 aromatic carbocycles. The van der Waals surface area contributed by atoms with Crippen LogP contribution in [0.15, 0.2) is 23.1 Å². The Morgan fingerprint density at radius 3 is 2.63 bits per heavy atom. The van der Waals surface area contributed by atoms with Crippen molar-refractivity contribution in [1.82, 2.24) is 9.62 Å². The summed E-state index contributed by atoms with van der Waals surface area (Å²) in [6, 6.07) is 3.49. The van der Waals surface area contributed by atoms with E-state index in [0.717, 1.165) is 30.9 Å². The van der Waals surface area contributed by atoms with E-state index in [0.29, 0.717) is 6.54 Å². The van der Waals surface area contributed by atoms with E-state index in [1.165, 1.54) is 36.1 Å². The summed E-state index contributed by atoms with van der Waals surface area (Å²) in [4.78, 5) is 11.9. The number of nitrogens with one attached hydrogen (secondary N) is 1. The summed E-state index contributed by atoms with van der Waals surface area (Å²) in [5, 5.41) is 2.81. The summed E-state index contributed by atoms with van der Waals surface area (Å²) in [5.74, 6) is -0.461. The summed E-state index contributed by atoms with van der Waals surface area (Å²) in [7, 11) is -3.99. The van der Waals surface area contributed by atoms with Gasteiger partial charge in [0.15, 0.2) is 0 Å². The Bertz CT molecular complexity index is 757. The molecule has 1 saturated carbocycles. The third-order valence-corrected chi connectivity index (χ3v) is 7.24. The topological polar surface area (TPSA) is 75.7 Å². The van der Waals surface area contributed by atoms with Gasteiger partial charge in [0.1, 0.15) is 10.7 Å². The van der Waals surface area contributed by atoms with Gasteiger partial charge < -0.3 is 10.1 Å². The number of hydrogen-bond donors (Lipinski definition) is 1. The minimum absolute atomic E-state index is 0.157. The summed E-state index contributed by atoms with van der Waals surface area (Å²) in [6.45, 7) is 1.46. The smallest absolute Gasteiger partial charge is 0.251 e. The van der Waals surface area contributed by atoms with Gasteiger partial charge in [0, 0.05) is 25.2 Å². The van der Waals surface area contributed by atoms with Gasteiger partial charge in [-0.1, -0.05) is 25.7 Å². The molecule has 1 aliphatic carbocycles. The molecule has 27 heavy (non-hydrogen) atoms. The Kier molecular flexibility index (Phi) is 6.83. The molecular formula is C19H27FN2O4S. The zero-order chi connectivity index (χ0) is 19.3. The first-order chi connectivity index (χ1) is 13.0. The van der Waals surface area contributed by atoms with Gasteiger partial charge in [0.2, 0.25) is 10.0 Å². The quantitative estimate of drug-likeness (QED) is 0.716. The van der Waals surface area contributed by atoms with Gasteiger partial charge >= 0.3 is 0 Å². The Morgan fingerprint density at radius 1 is 1.22 bits per heavy atom. The van der Waals surface area contributed by atoms with Crippen LogP contribution in [0.25, 0.3) is 0 Å². The van der Waals surface area contributed by atoms with Gasteiger partial charge in [-0.25, -0.2) is 12.8 Å². The number of hydrogen-bond acceptors (Lipinski definition) is 4. The lowest BCUT2D eigenvalue weighted by atomic mass is 10.0. The predicted octanol–water partition coefficient (Wildman–Crippen LogP) is 2.55. The highest BCUT2D eigenvalue weighted by Gasteiger charge is 2.29. The fourth-order valence-corrected chi connectivity index (χ4v) is 5.26. The minimum Gasteiger partial charge on any atom is -0.379 e.